The van der Waals surface area contributed by atoms with Crippen molar-refractivity contribution in [2.45, 2.75) is 24.7 Å². The highest BCUT2D eigenvalue weighted by atomic mass is 127. The molecule has 0 atom stereocenters. The van der Waals surface area contributed by atoms with Crippen molar-refractivity contribution in [3.8, 4) is 0 Å². The maximum absolute atomic E-state index is 12.8. The van der Waals surface area contributed by atoms with Gasteiger partial charge in [-0.15, -0.1) is 35.7 Å². The summed E-state index contributed by atoms with van der Waals surface area (Å²) in [6, 6.07) is 8.68. The third-order valence-electron chi connectivity index (χ3n) is 3.74. The van der Waals surface area contributed by atoms with Gasteiger partial charge in [-0.2, -0.15) is 0 Å². The van der Waals surface area contributed by atoms with Gasteiger partial charge in [-0.25, -0.2) is 4.39 Å². The molecule has 0 radical (unpaired) electrons. The first-order valence-corrected chi connectivity index (χ1v) is 9.40. The summed E-state index contributed by atoms with van der Waals surface area (Å²) in [6.45, 7) is 3.76. The van der Waals surface area contributed by atoms with E-state index in [1.807, 2.05) is 24.5 Å². The van der Waals surface area contributed by atoms with Gasteiger partial charge in [0.2, 0.25) is 0 Å². The lowest BCUT2D eigenvalue weighted by molar-refractivity contribution is 0.626. The predicted octanol–water partition coefficient (Wildman–Crippen LogP) is 4.04. The van der Waals surface area contributed by atoms with Gasteiger partial charge < -0.3 is 10.6 Å². The Morgan fingerprint density at radius 1 is 1.15 bits per heavy atom. The van der Waals surface area contributed by atoms with Crippen molar-refractivity contribution >= 4 is 41.7 Å². The molecule has 0 aliphatic carbocycles. The van der Waals surface area contributed by atoms with Crippen LogP contribution in [0, 0.1) is 12.7 Å². The second-order valence-corrected chi connectivity index (χ2v) is 6.80. The Morgan fingerprint density at radius 3 is 2.58 bits per heavy atom. The van der Waals surface area contributed by atoms with Gasteiger partial charge in [0.15, 0.2) is 5.96 Å². The van der Waals surface area contributed by atoms with Gasteiger partial charge in [0.25, 0.3) is 0 Å². The number of hydrogen-bond donors (Lipinski definition) is 2. The number of aliphatic imine (C=N–C) groups is 1. The normalized spacial score (nSPS) is 11.0. The molecular formula is C19H26FIN4S. The van der Waals surface area contributed by atoms with Crippen LogP contribution in [0.1, 0.15) is 17.5 Å². The molecule has 1 heterocycles. The molecular weight excluding hydrogens is 462 g/mol. The van der Waals surface area contributed by atoms with Crippen LogP contribution in [-0.4, -0.2) is 36.8 Å². The van der Waals surface area contributed by atoms with Crippen LogP contribution in [0.5, 0.6) is 0 Å². The molecule has 0 unspecified atom stereocenters. The first-order valence-electron chi connectivity index (χ1n) is 8.41. The average Bonchev–Trinajstić information content (AvgIpc) is 2.63. The fraction of sp³-hybridized carbons (Fsp3) is 0.368. The summed E-state index contributed by atoms with van der Waals surface area (Å²) in [5.41, 5.74) is 2.51. The minimum Gasteiger partial charge on any atom is -0.356 e. The summed E-state index contributed by atoms with van der Waals surface area (Å²) in [5.74, 6) is 1.60. The van der Waals surface area contributed by atoms with Gasteiger partial charge in [-0.1, -0.05) is 0 Å². The topological polar surface area (TPSA) is 49.3 Å². The molecule has 1 aromatic heterocycles. The van der Waals surface area contributed by atoms with Crippen LogP contribution in [-0.2, 0) is 6.42 Å². The number of aryl methyl sites for hydroxylation is 1. The Balaban J connectivity index is 0.00000338. The van der Waals surface area contributed by atoms with Crippen LogP contribution in [0.4, 0.5) is 4.39 Å². The van der Waals surface area contributed by atoms with E-state index in [1.54, 1.807) is 18.8 Å². The maximum Gasteiger partial charge on any atom is 0.190 e. The van der Waals surface area contributed by atoms with E-state index in [1.165, 1.54) is 23.3 Å². The van der Waals surface area contributed by atoms with E-state index in [-0.39, 0.29) is 29.8 Å². The highest BCUT2D eigenvalue weighted by Gasteiger charge is 2.00. The van der Waals surface area contributed by atoms with E-state index in [2.05, 4.69) is 33.6 Å². The molecule has 0 fully saturated rings. The summed E-state index contributed by atoms with van der Waals surface area (Å²) in [7, 11) is 1.78. The largest absolute Gasteiger partial charge is 0.356 e. The molecule has 0 aliphatic rings. The van der Waals surface area contributed by atoms with E-state index in [9.17, 15) is 4.39 Å². The Labute approximate surface area is 176 Å². The molecule has 0 spiro atoms. The van der Waals surface area contributed by atoms with Gasteiger partial charge >= 0.3 is 0 Å². The summed E-state index contributed by atoms with van der Waals surface area (Å²) in [6.07, 6.45) is 5.66. The van der Waals surface area contributed by atoms with Crippen LogP contribution >= 0.6 is 35.7 Å². The van der Waals surface area contributed by atoms with Crippen LogP contribution in [0.3, 0.4) is 0 Å². The Bertz CT molecular complexity index is 679. The van der Waals surface area contributed by atoms with E-state index < -0.39 is 0 Å². The molecule has 0 amide bonds. The SMILES string of the molecule is CN=C(NCCCSc1ccc(F)cc1)NCCc1ccncc1C.I. The number of benzene rings is 1. The summed E-state index contributed by atoms with van der Waals surface area (Å²) < 4.78 is 12.8. The number of nitrogens with one attached hydrogen (secondary N) is 2. The summed E-state index contributed by atoms with van der Waals surface area (Å²) in [4.78, 5) is 9.45. The zero-order valence-electron chi connectivity index (χ0n) is 15.2. The number of pyridine rings is 1. The molecule has 142 valence electrons. The second kappa shape index (κ2) is 12.9. The molecule has 4 nitrogen and oxygen atoms in total. The monoisotopic (exact) mass is 488 g/mol. The minimum absolute atomic E-state index is 0. The van der Waals surface area contributed by atoms with Crippen molar-refractivity contribution in [1.82, 2.24) is 15.6 Å². The second-order valence-electron chi connectivity index (χ2n) is 5.63. The van der Waals surface area contributed by atoms with Gasteiger partial charge in [0.1, 0.15) is 5.82 Å². The molecule has 26 heavy (non-hydrogen) atoms. The number of thioether (sulfide) groups is 1. The van der Waals surface area contributed by atoms with E-state index >= 15 is 0 Å². The zero-order chi connectivity index (χ0) is 17.9. The third kappa shape index (κ3) is 8.35. The third-order valence-corrected chi connectivity index (χ3v) is 4.84. The van der Waals surface area contributed by atoms with Crippen molar-refractivity contribution in [1.29, 1.82) is 0 Å². The minimum atomic E-state index is -0.192. The van der Waals surface area contributed by atoms with Gasteiger partial charge in [0.05, 0.1) is 0 Å². The molecule has 2 rings (SSSR count). The highest BCUT2D eigenvalue weighted by Crippen LogP contribution is 2.18. The molecule has 0 bridgehead atoms. The van der Waals surface area contributed by atoms with Crippen LogP contribution in [0.25, 0.3) is 0 Å². The van der Waals surface area contributed by atoms with Crippen molar-refractivity contribution in [2.75, 3.05) is 25.9 Å². The number of rotatable bonds is 8. The van der Waals surface area contributed by atoms with Crippen LogP contribution in [0.15, 0.2) is 52.6 Å². The molecule has 0 saturated carbocycles. The summed E-state index contributed by atoms with van der Waals surface area (Å²) >= 11 is 1.73. The molecule has 2 N–H and O–H groups in total. The summed E-state index contributed by atoms with van der Waals surface area (Å²) in [5, 5.41) is 6.65. The first-order chi connectivity index (χ1) is 12.2. The molecule has 0 aliphatic heterocycles. The quantitative estimate of drug-likeness (QED) is 0.194. The smallest absolute Gasteiger partial charge is 0.190 e. The lowest BCUT2D eigenvalue weighted by Crippen LogP contribution is -2.38. The maximum atomic E-state index is 12.8. The molecule has 0 saturated heterocycles. The Kier molecular flexibility index (Phi) is 11.3. The number of halogens is 2. The fourth-order valence-corrected chi connectivity index (χ4v) is 3.17. The number of aromatic nitrogens is 1. The number of guanidine groups is 1. The Morgan fingerprint density at radius 2 is 1.88 bits per heavy atom. The van der Waals surface area contributed by atoms with Crippen LogP contribution in [0.2, 0.25) is 0 Å². The molecule has 1 aromatic carbocycles. The lowest BCUT2D eigenvalue weighted by Gasteiger charge is -2.12. The Hall–Kier alpha value is -1.35. The first kappa shape index (κ1) is 22.7. The van der Waals surface area contributed by atoms with Crippen molar-refractivity contribution < 1.29 is 4.39 Å². The lowest BCUT2D eigenvalue weighted by atomic mass is 10.1. The highest BCUT2D eigenvalue weighted by molar-refractivity contribution is 14.0. The van der Waals surface area contributed by atoms with E-state index in [4.69, 9.17) is 0 Å². The van der Waals surface area contributed by atoms with Gasteiger partial charge in [0, 0.05) is 37.4 Å². The predicted molar refractivity (Wildman–Crippen MR) is 119 cm³/mol. The van der Waals surface area contributed by atoms with Crippen molar-refractivity contribution in [3.05, 3.63) is 59.7 Å². The van der Waals surface area contributed by atoms with Gasteiger partial charge in [-0.05, 0) is 67.0 Å². The number of nitrogens with zero attached hydrogens (tertiary/aromatic N) is 2. The fourth-order valence-electron chi connectivity index (χ4n) is 2.32. The van der Waals surface area contributed by atoms with Crippen molar-refractivity contribution in [2.24, 2.45) is 4.99 Å². The standard InChI is InChI=1S/C19H25FN4S.HI/c1-15-14-22-11-8-16(15)9-12-24-19(21-2)23-10-3-13-25-18-6-4-17(20)5-7-18;/h4-8,11,14H,3,9-10,12-13H2,1-2H3,(H2,21,23,24);1H. The van der Waals surface area contributed by atoms with Gasteiger partial charge in [-0.3, -0.25) is 9.98 Å². The van der Waals surface area contributed by atoms with Crippen LogP contribution < -0.4 is 10.6 Å². The van der Waals surface area contributed by atoms with E-state index in [0.717, 1.165) is 42.5 Å². The zero-order valence-corrected chi connectivity index (χ0v) is 18.3. The molecule has 2 aromatic rings. The molecule has 7 heteroatoms. The van der Waals surface area contributed by atoms with E-state index in [0.29, 0.717) is 0 Å². The van der Waals surface area contributed by atoms with Crippen molar-refractivity contribution in [3.63, 3.8) is 0 Å². The number of hydrogen-bond acceptors (Lipinski definition) is 3. The average molecular weight is 488 g/mol.